The first-order valence-electron chi connectivity index (χ1n) is 18.0. The van der Waals surface area contributed by atoms with E-state index in [1.165, 1.54) is 167 Å². The van der Waals surface area contributed by atoms with Crippen molar-refractivity contribution in [3.05, 3.63) is 0 Å². The van der Waals surface area contributed by atoms with Gasteiger partial charge in [0.05, 0.1) is 0 Å². The van der Waals surface area contributed by atoms with E-state index in [1.807, 2.05) is 0 Å². The van der Waals surface area contributed by atoms with Gasteiger partial charge in [-0.2, -0.15) is 0 Å². The summed E-state index contributed by atoms with van der Waals surface area (Å²) in [6, 6.07) is 0. The summed E-state index contributed by atoms with van der Waals surface area (Å²) in [6.45, 7) is 4.54. The molecule has 0 aliphatic rings. The molecule has 0 radical (unpaired) electrons. The Kier molecular flexibility index (Phi) is 53.8. The zero-order valence-corrected chi connectivity index (χ0v) is 32.1. The maximum Gasteiger partial charge on any atom is 0.303 e. The molecule has 248 valence electrons. The Morgan fingerprint density at radius 2 is 0.476 bits per heavy atom. The molecule has 0 atom stereocenters. The van der Waals surface area contributed by atoms with Crippen molar-refractivity contribution in [2.75, 3.05) is 0 Å². The van der Waals surface area contributed by atoms with Crippen LogP contribution in [0, 0.1) is 0 Å². The van der Waals surface area contributed by atoms with E-state index >= 15 is 0 Å². The van der Waals surface area contributed by atoms with Crippen molar-refractivity contribution in [2.24, 2.45) is 0 Å². The van der Waals surface area contributed by atoms with Crippen LogP contribution in [0.5, 0.6) is 0 Å². The average Bonchev–Trinajstić information content (AvgIpc) is 2.93. The maximum absolute atomic E-state index is 10.3. The second-order valence-electron chi connectivity index (χ2n) is 12.2. The fourth-order valence-corrected chi connectivity index (χ4v) is 5.30. The molecule has 0 aromatic rings. The summed E-state index contributed by atoms with van der Waals surface area (Å²) >= 11 is 0. The topological polar surface area (TPSA) is 74.6 Å². The van der Waals surface area contributed by atoms with Gasteiger partial charge in [-0.05, 0) is 12.8 Å². The van der Waals surface area contributed by atoms with E-state index in [9.17, 15) is 9.59 Å². The van der Waals surface area contributed by atoms with Gasteiger partial charge < -0.3 is 10.2 Å². The van der Waals surface area contributed by atoms with Crippen LogP contribution in [-0.2, 0) is 36.9 Å². The number of carboxylic acid groups (broad SMARTS) is 2. The Labute approximate surface area is 294 Å². The molecule has 6 heteroatoms. The molecule has 0 spiro atoms. The number of unbranched alkanes of at least 4 members (excludes halogenated alkanes) is 28. The minimum Gasteiger partial charge on any atom is -0.481 e. The van der Waals surface area contributed by atoms with Crippen LogP contribution >= 0.6 is 0 Å². The van der Waals surface area contributed by atoms with Gasteiger partial charge in [0, 0.05) is 40.1 Å². The van der Waals surface area contributed by atoms with Crippen molar-refractivity contribution in [3.63, 3.8) is 0 Å². The van der Waals surface area contributed by atoms with E-state index < -0.39 is 11.9 Å². The molecule has 0 saturated carbocycles. The summed E-state index contributed by atoms with van der Waals surface area (Å²) in [7, 11) is 0. The van der Waals surface area contributed by atoms with Gasteiger partial charge in [-0.3, -0.25) is 9.59 Å². The second-order valence-corrected chi connectivity index (χ2v) is 12.2. The second kappa shape index (κ2) is 45.8. The molecular weight excluding hydrogens is 636 g/mol. The van der Waals surface area contributed by atoms with E-state index in [0.717, 1.165) is 25.7 Å². The van der Waals surface area contributed by atoms with Crippen LogP contribution in [0.25, 0.3) is 0 Å². The van der Waals surface area contributed by atoms with Crippen LogP contribution in [-0.4, -0.2) is 39.5 Å². The Bertz CT molecular complexity index is 461. The molecule has 0 fully saturated rings. The quantitative estimate of drug-likeness (QED) is 0.0538. The van der Waals surface area contributed by atoms with Gasteiger partial charge in [-0.15, -0.1) is 0 Å². The molecule has 0 aromatic carbocycles. The number of rotatable bonds is 32. The molecule has 0 amide bonds. The predicted molar refractivity (Wildman–Crippen MR) is 184 cm³/mol. The van der Waals surface area contributed by atoms with Gasteiger partial charge in [0.25, 0.3) is 0 Å². The number of carboxylic acids is 2. The van der Waals surface area contributed by atoms with Crippen LogP contribution in [0.15, 0.2) is 0 Å². The fourth-order valence-electron chi connectivity index (χ4n) is 5.30. The average molecular weight is 711 g/mol. The molecule has 2 N–H and O–H groups in total. The fraction of sp³-hybridized carbons (Fsp3) is 0.944. The zero-order chi connectivity index (χ0) is 29.8. The monoisotopic (exact) mass is 712 g/mol. The van der Waals surface area contributed by atoms with E-state index in [1.54, 1.807) is 0 Å². The van der Waals surface area contributed by atoms with Gasteiger partial charge >= 0.3 is 11.9 Å². The Balaban J connectivity index is -0.000000328. The molecule has 0 saturated heterocycles. The third-order valence-electron chi connectivity index (χ3n) is 7.99. The zero-order valence-electron chi connectivity index (χ0n) is 28.0. The normalized spacial score (nSPS) is 10.3. The number of hydrogen-bond donors (Lipinski definition) is 2. The molecular formula is C36H75AlCdO4. The van der Waals surface area contributed by atoms with Crippen LogP contribution in [0.4, 0.5) is 0 Å². The Morgan fingerprint density at radius 3 is 0.619 bits per heavy atom. The molecule has 0 rings (SSSR count). The third kappa shape index (κ3) is 53.0. The van der Waals surface area contributed by atoms with Gasteiger partial charge in [0.15, 0.2) is 17.4 Å². The molecule has 0 heterocycles. The van der Waals surface area contributed by atoms with Crippen molar-refractivity contribution >= 4 is 29.3 Å². The molecule has 42 heavy (non-hydrogen) atoms. The number of carbonyl (C=O) groups is 2. The Hall–Kier alpha value is 0.395. The molecule has 0 aliphatic carbocycles. The standard InChI is InChI=1S/2C18H36O2.Al.Cd.3H/c2*1-2-3-4-5-6-7-8-9-10-11-12-13-14-15-16-17-18(19)20;;;;;/h2*2-17H2,1H3,(H,19,20);;;;;. The van der Waals surface area contributed by atoms with Crippen LogP contribution in [0.3, 0.4) is 0 Å². The van der Waals surface area contributed by atoms with Gasteiger partial charge in [0.1, 0.15) is 0 Å². The van der Waals surface area contributed by atoms with Crippen molar-refractivity contribution in [1.29, 1.82) is 0 Å². The van der Waals surface area contributed by atoms with Crippen molar-refractivity contribution < 1.29 is 47.1 Å². The van der Waals surface area contributed by atoms with E-state index in [4.69, 9.17) is 10.2 Å². The first-order valence-corrected chi connectivity index (χ1v) is 18.0. The summed E-state index contributed by atoms with van der Waals surface area (Å²) < 4.78 is 0. The summed E-state index contributed by atoms with van der Waals surface area (Å²) in [4.78, 5) is 20.7. The van der Waals surface area contributed by atoms with Crippen molar-refractivity contribution in [1.82, 2.24) is 0 Å². The third-order valence-corrected chi connectivity index (χ3v) is 7.99. The summed E-state index contributed by atoms with van der Waals surface area (Å²) in [5, 5.41) is 17.0. The van der Waals surface area contributed by atoms with E-state index in [0.29, 0.717) is 12.8 Å². The van der Waals surface area contributed by atoms with Gasteiger partial charge in [-0.1, -0.05) is 194 Å². The summed E-state index contributed by atoms with van der Waals surface area (Å²) in [5.74, 6) is -1.31. The van der Waals surface area contributed by atoms with Crippen molar-refractivity contribution in [2.45, 2.75) is 219 Å². The van der Waals surface area contributed by atoms with E-state index in [-0.39, 0.29) is 44.7 Å². The molecule has 0 aliphatic heterocycles. The largest absolute Gasteiger partial charge is 0.481 e. The minimum absolute atomic E-state index is 0. The van der Waals surface area contributed by atoms with Crippen LogP contribution < -0.4 is 0 Å². The first kappa shape index (κ1) is 49.3. The van der Waals surface area contributed by atoms with Gasteiger partial charge in [-0.25, -0.2) is 0 Å². The number of aliphatic carboxylic acids is 2. The van der Waals surface area contributed by atoms with Crippen molar-refractivity contribution in [3.8, 4) is 0 Å². The van der Waals surface area contributed by atoms with Crippen LogP contribution in [0.1, 0.15) is 219 Å². The van der Waals surface area contributed by atoms with Crippen LogP contribution in [0.2, 0.25) is 0 Å². The van der Waals surface area contributed by atoms with E-state index in [2.05, 4.69) is 13.8 Å². The minimum atomic E-state index is -0.653. The SMILES string of the molecule is CCCCCCCCCCCCCCCCCC(=O)O.CCCCCCCCCCCCCCCCCC(=O)O.[AlH3].[Cd]. The number of hydrogen-bond acceptors (Lipinski definition) is 2. The Morgan fingerprint density at radius 1 is 0.333 bits per heavy atom. The first-order chi connectivity index (χ1) is 19.5. The molecule has 0 bridgehead atoms. The maximum atomic E-state index is 10.3. The molecule has 0 unspecified atom stereocenters. The molecule has 0 aromatic heterocycles. The molecule has 4 nitrogen and oxygen atoms in total. The van der Waals surface area contributed by atoms with Gasteiger partial charge in [0.2, 0.25) is 0 Å². The predicted octanol–water partition coefficient (Wildman–Crippen LogP) is 11.5. The summed E-state index contributed by atoms with van der Waals surface area (Å²) in [5.41, 5.74) is 0. The smallest absolute Gasteiger partial charge is 0.303 e. The summed E-state index contributed by atoms with van der Waals surface area (Å²) in [6.07, 6.45) is 40.4.